The van der Waals surface area contributed by atoms with Gasteiger partial charge in [-0.05, 0) is 70.9 Å². The zero-order chi connectivity index (χ0) is 33.1. The number of carbonyl (C=O) groups is 5. The minimum atomic E-state index is -1.04. The Bertz CT molecular complexity index is 2390. The molecular weight excluding hydrogens is 630 g/mol. The molecule has 0 spiro atoms. The normalized spacial score (nSPS) is 15.1. The first-order valence-corrected chi connectivity index (χ1v) is 15.4. The molecule has 0 saturated carbocycles. The van der Waals surface area contributed by atoms with E-state index in [-0.39, 0.29) is 29.1 Å². The lowest BCUT2D eigenvalue weighted by Gasteiger charge is -2.18. The van der Waals surface area contributed by atoms with Crippen LogP contribution in [0.2, 0.25) is 5.02 Å². The fourth-order valence-corrected chi connectivity index (χ4v) is 6.46. The summed E-state index contributed by atoms with van der Waals surface area (Å²) in [6.07, 6.45) is -0.493. The van der Waals surface area contributed by atoms with Crippen LogP contribution in [0.25, 0.3) is 21.7 Å². The maximum absolute atomic E-state index is 13.6. The van der Waals surface area contributed by atoms with E-state index in [2.05, 4.69) is 5.32 Å². The Morgan fingerprint density at radius 1 is 0.833 bits per heavy atom. The van der Waals surface area contributed by atoms with Gasteiger partial charge in [0.1, 0.15) is 5.75 Å². The number of aldehydes is 1. The molecule has 232 valence electrons. The fraction of sp³-hybridized carbons (Fsp3) is 0.0526. The summed E-state index contributed by atoms with van der Waals surface area (Å²) in [6, 6.07) is 29.0. The summed E-state index contributed by atoms with van der Waals surface area (Å²) < 4.78 is 6.15. The molecule has 1 N–H and O–H groups in total. The van der Waals surface area contributed by atoms with Gasteiger partial charge < -0.3 is 10.1 Å². The molecule has 1 atom stereocenters. The molecule has 0 bridgehead atoms. The topological polar surface area (TPSA) is 123 Å². The van der Waals surface area contributed by atoms with Gasteiger partial charge in [-0.2, -0.15) is 0 Å². The third-order valence-corrected chi connectivity index (χ3v) is 8.91. The Labute approximate surface area is 277 Å². The van der Waals surface area contributed by atoms with Crippen molar-refractivity contribution in [3.05, 3.63) is 147 Å². The lowest BCUT2D eigenvalue weighted by atomic mass is 10.0. The van der Waals surface area contributed by atoms with Crippen molar-refractivity contribution >= 4 is 68.8 Å². The highest BCUT2D eigenvalue weighted by atomic mass is 35.5. The van der Waals surface area contributed by atoms with Gasteiger partial charge in [-0.1, -0.05) is 60.1 Å². The molecule has 0 fully saturated rings. The molecule has 3 heterocycles. The maximum atomic E-state index is 13.6. The van der Waals surface area contributed by atoms with Gasteiger partial charge >= 0.3 is 0 Å². The van der Waals surface area contributed by atoms with E-state index in [1.165, 1.54) is 23.1 Å². The summed E-state index contributed by atoms with van der Waals surface area (Å²) in [4.78, 5) is 71.2. The smallest absolute Gasteiger partial charge is 0.261 e. The predicted octanol–water partition coefficient (Wildman–Crippen LogP) is 7.22. The van der Waals surface area contributed by atoms with Gasteiger partial charge in [0.2, 0.25) is 11.9 Å². The summed E-state index contributed by atoms with van der Waals surface area (Å²) in [7, 11) is 0. The van der Waals surface area contributed by atoms with Crippen molar-refractivity contribution in [2.75, 3.05) is 5.32 Å². The van der Waals surface area contributed by atoms with Gasteiger partial charge in [0.15, 0.2) is 6.29 Å². The van der Waals surface area contributed by atoms with E-state index in [0.29, 0.717) is 55.9 Å². The van der Waals surface area contributed by atoms with Crippen molar-refractivity contribution in [3.63, 3.8) is 0 Å². The van der Waals surface area contributed by atoms with E-state index >= 15 is 0 Å². The number of ether oxygens (including phenoxy) is 1. The molecule has 48 heavy (non-hydrogen) atoms. The maximum Gasteiger partial charge on any atom is 0.261 e. The first-order valence-electron chi connectivity index (χ1n) is 15.0. The number of hydrogen-bond donors (Lipinski definition) is 1. The molecule has 2 aliphatic rings. The highest BCUT2D eigenvalue weighted by molar-refractivity contribution is 6.31. The van der Waals surface area contributed by atoms with Crippen LogP contribution in [0.5, 0.6) is 5.75 Å². The first-order chi connectivity index (χ1) is 23.3. The van der Waals surface area contributed by atoms with Crippen LogP contribution < -0.4 is 10.1 Å². The molecule has 1 unspecified atom stereocenters. The molecule has 0 radical (unpaired) electrons. The lowest BCUT2D eigenvalue weighted by molar-refractivity contribution is 0.0642. The van der Waals surface area contributed by atoms with Gasteiger partial charge in [-0.15, -0.1) is 0 Å². The lowest BCUT2D eigenvalue weighted by Crippen LogP contribution is -2.29. The fourth-order valence-electron chi connectivity index (χ4n) is 6.28. The van der Waals surface area contributed by atoms with Gasteiger partial charge in [0.25, 0.3) is 17.7 Å². The Morgan fingerprint density at radius 3 is 2.27 bits per heavy atom. The number of nitrogens with one attached hydrogen (secondary N) is 1. The molecule has 1 aromatic heterocycles. The minimum absolute atomic E-state index is 0.0541. The van der Waals surface area contributed by atoms with Crippen LogP contribution >= 0.6 is 11.6 Å². The van der Waals surface area contributed by atoms with Crippen molar-refractivity contribution < 1.29 is 28.7 Å². The number of anilines is 1. The van der Waals surface area contributed by atoms with Crippen LogP contribution in [0, 0.1) is 0 Å². The third-order valence-electron chi connectivity index (χ3n) is 8.67. The largest absolute Gasteiger partial charge is 0.475 e. The van der Waals surface area contributed by atoms with Crippen molar-refractivity contribution in [1.29, 1.82) is 0 Å². The number of pyridine rings is 1. The average Bonchev–Trinajstić information content (AvgIpc) is 3.55. The molecule has 6 aromatic rings. The van der Waals surface area contributed by atoms with Crippen molar-refractivity contribution in [1.82, 2.24) is 9.88 Å². The predicted molar refractivity (Wildman–Crippen MR) is 179 cm³/mol. The Kier molecular flexibility index (Phi) is 6.85. The summed E-state index contributed by atoms with van der Waals surface area (Å²) in [5.74, 6) is -1.22. The van der Waals surface area contributed by atoms with Crippen LogP contribution in [-0.4, -0.2) is 39.7 Å². The summed E-state index contributed by atoms with van der Waals surface area (Å²) in [5.41, 5.74) is 2.78. The van der Waals surface area contributed by atoms with Crippen LogP contribution in [0.1, 0.15) is 69.2 Å². The van der Waals surface area contributed by atoms with Gasteiger partial charge in [0, 0.05) is 16.0 Å². The van der Waals surface area contributed by atoms with Crippen LogP contribution in [-0.2, 0) is 6.54 Å². The highest BCUT2D eigenvalue weighted by Crippen LogP contribution is 2.40. The van der Waals surface area contributed by atoms with Gasteiger partial charge in [0.05, 0.1) is 45.7 Å². The van der Waals surface area contributed by atoms with Gasteiger partial charge in [-0.3, -0.25) is 28.9 Å². The molecule has 5 aromatic carbocycles. The number of imide groups is 1. The van der Waals surface area contributed by atoms with Crippen molar-refractivity contribution in [3.8, 4) is 5.75 Å². The van der Waals surface area contributed by atoms with E-state index in [9.17, 15) is 24.0 Å². The van der Waals surface area contributed by atoms with Crippen LogP contribution in [0.3, 0.4) is 0 Å². The van der Waals surface area contributed by atoms with Crippen LogP contribution in [0.4, 0.5) is 5.69 Å². The van der Waals surface area contributed by atoms with E-state index in [1.807, 2.05) is 30.3 Å². The average molecular weight is 652 g/mol. The second-order valence-corrected chi connectivity index (χ2v) is 11.9. The second kappa shape index (κ2) is 11.3. The van der Waals surface area contributed by atoms with E-state index in [0.717, 1.165) is 10.8 Å². The SMILES string of the molecule is O=Cc1cc(Cl)ccc1C(=O)Nc1ccc(CN2C(=O)c3ccccc3C2=O)c2ccc(C3Oc4cc5ccccc5cc4C3=O)nc12. The van der Waals surface area contributed by atoms with Crippen molar-refractivity contribution in [2.45, 2.75) is 12.6 Å². The number of nitrogens with zero attached hydrogens (tertiary/aromatic N) is 2. The van der Waals surface area contributed by atoms with Crippen LogP contribution in [0.15, 0.2) is 103 Å². The zero-order valence-electron chi connectivity index (χ0n) is 24.9. The number of ketones is 1. The quantitative estimate of drug-likeness (QED) is 0.149. The number of rotatable bonds is 6. The molecule has 10 heteroatoms. The Hall–Kier alpha value is -6.19. The molecule has 8 rings (SSSR count). The number of halogens is 1. The standard InChI is InChI=1S/C38H22ClN3O6/c39-24-10-11-26(23(15-24)19-43)36(45)41-30-13-9-22(18-42-37(46)27-7-3-4-8-28(27)38(42)47)25-12-14-31(40-33(25)30)35-34(44)29-16-20-5-1-2-6-21(20)17-32(29)48-35/h1-17,19,35H,18H2,(H,41,45). The number of amides is 3. The zero-order valence-corrected chi connectivity index (χ0v) is 25.7. The number of benzene rings is 5. The van der Waals surface area contributed by atoms with E-state index in [1.54, 1.807) is 54.6 Å². The number of hydrogen-bond acceptors (Lipinski definition) is 7. The number of carbonyl (C=O) groups excluding carboxylic acids is 5. The van der Waals surface area contributed by atoms with E-state index in [4.69, 9.17) is 21.3 Å². The second-order valence-electron chi connectivity index (χ2n) is 11.5. The van der Waals surface area contributed by atoms with Gasteiger partial charge in [-0.25, -0.2) is 4.98 Å². The first kappa shape index (κ1) is 29.2. The molecule has 0 saturated heterocycles. The Morgan fingerprint density at radius 2 is 1.54 bits per heavy atom. The number of Topliss-reactive ketones (excluding diaryl/α,β-unsaturated/α-hetero) is 1. The molecular formula is C38H22ClN3O6. The number of fused-ring (bicyclic) bond motifs is 4. The monoisotopic (exact) mass is 651 g/mol. The highest BCUT2D eigenvalue weighted by Gasteiger charge is 2.37. The number of aromatic nitrogens is 1. The summed E-state index contributed by atoms with van der Waals surface area (Å²) in [6.45, 7) is -0.0541. The summed E-state index contributed by atoms with van der Waals surface area (Å²) >= 11 is 6.04. The van der Waals surface area contributed by atoms with E-state index < -0.39 is 23.8 Å². The molecule has 3 amide bonds. The molecule has 0 aliphatic carbocycles. The third kappa shape index (κ3) is 4.71. The molecule has 9 nitrogen and oxygen atoms in total. The Balaban J connectivity index is 1.20. The summed E-state index contributed by atoms with van der Waals surface area (Å²) in [5, 5.41) is 5.51. The molecule has 2 aliphatic heterocycles. The minimum Gasteiger partial charge on any atom is -0.475 e. The van der Waals surface area contributed by atoms with Crippen molar-refractivity contribution in [2.24, 2.45) is 0 Å².